The van der Waals surface area contributed by atoms with Gasteiger partial charge in [-0.15, -0.1) is 0 Å². The Kier molecular flexibility index (Phi) is 8.04. The van der Waals surface area contributed by atoms with Crippen molar-refractivity contribution in [2.45, 2.75) is 24.9 Å². The Morgan fingerprint density at radius 1 is 1.00 bits per heavy atom. The van der Waals surface area contributed by atoms with E-state index >= 15 is 0 Å². The first kappa shape index (κ1) is 24.0. The van der Waals surface area contributed by atoms with Crippen LogP contribution in [0.15, 0.2) is 48.5 Å². The van der Waals surface area contributed by atoms with Crippen LogP contribution in [0.5, 0.6) is 0 Å². The Morgan fingerprint density at radius 2 is 1.47 bits per heavy atom. The number of alkyl halides is 2. The van der Waals surface area contributed by atoms with Gasteiger partial charge in [0.15, 0.2) is 0 Å². The molecule has 7 nitrogen and oxygen atoms in total. The number of rotatable bonds is 5. The topological polar surface area (TPSA) is 128 Å². The van der Waals surface area contributed by atoms with Crippen LogP contribution >= 0.6 is 0 Å². The summed E-state index contributed by atoms with van der Waals surface area (Å²) in [6.45, 7) is 0.884. The smallest absolute Gasteiger partial charge is 0.268 e. The van der Waals surface area contributed by atoms with Crippen LogP contribution in [-0.2, 0) is 4.79 Å². The fourth-order valence-electron chi connectivity index (χ4n) is 2.45. The number of amides is 2. The van der Waals surface area contributed by atoms with Crippen molar-refractivity contribution in [2.24, 2.45) is 5.73 Å². The molecule has 2 aromatic rings. The zero-order valence-electron chi connectivity index (χ0n) is 16.8. The number of hydrogen-bond donors (Lipinski definition) is 4. The standard InChI is InChI=1S/C23H18F2N4O3/c1-23(27,22(24)25)19(21(31)29-32)28-20(30)18-12-10-16(11-13-18)5-3-2-4-15-6-8-17(14-26)9-7-15/h6-13,19,22,32H,27H2,1H3,(H,28,30)(H,29,31)/t19-,23?/m1/s1. The monoisotopic (exact) mass is 436 g/mol. The van der Waals surface area contributed by atoms with E-state index < -0.39 is 29.8 Å². The highest BCUT2D eigenvalue weighted by Gasteiger charge is 2.44. The lowest BCUT2D eigenvalue weighted by atomic mass is 9.92. The molecule has 0 aliphatic heterocycles. The number of nitrogens with one attached hydrogen (secondary N) is 2. The summed E-state index contributed by atoms with van der Waals surface area (Å²) in [7, 11) is 0. The maximum absolute atomic E-state index is 13.2. The normalized spacial score (nSPS) is 12.7. The van der Waals surface area contributed by atoms with Crippen molar-refractivity contribution in [3.63, 3.8) is 0 Å². The molecule has 162 valence electrons. The maximum Gasteiger partial charge on any atom is 0.268 e. The highest BCUT2D eigenvalue weighted by atomic mass is 19.3. The maximum atomic E-state index is 13.2. The van der Waals surface area contributed by atoms with Gasteiger partial charge in [0.25, 0.3) is 18.2 Å². The molecule has 0 saturated carbocycles. The van der Waals surface area contributed by atoms with E-state index in [0.29, 0.717) is 16.7 Å². The van der Waals surface area contributed by atoms with E-state index in [1.54, 1.807) is 24.3 Å². The van der Waals surface area contributed by atoms with Crippen LogP contribution in [0.4, 0.5) is 8.78 Å². The molecule has 0 spiro atoms. The van der Waals surface area contributed by atoms with Gasteiger partial charge in [0.2, 0.25) is 0 Å². The average Bonchev–Trinajstić information content (AvgIpc) is 2.80. The van der Waals surface area contributed by atoms with E-state index in [1.807, 2.05) is 6.07 Å². The molecule has 0 heterocycles. The Morgan fingerprint density at radius 3 is 1.91 bits per heavy atom. The van der Waals surface area contributed by atoms with Crippen LogP contribution in [0.3, 0.4) is 0 Å². The molecule has 1 unspecified atom stereocenters. The molecule has 9 heteroatoms. The fraction of sp³-hybridized carbons (Fsp3) is 0.174. The van der Waals surface area contributed by atoms with Crippen LogP contribution in [0.2, 0.25) is 0 Å². The Balaban J connectivity index is 2.09. The van der Waals surface area contributed by atoms with Crippen molar-refractivity contribution in [1.29, 1.82) is 5.26 Å². The predicted octanol–water partition coefficient (Wildman–Crippen LogP) is 1.55. The summed E-state index contributed by atoms with van der Waals surface area (Å²) in [6, 6.07) is 12.6. The molecule has 2 rings (SSSR count). The van der Waals surface area contributed by atoms with Crippen LogP contribution < -0.4 is 16.5 Å². The van der Waals surface area contributed by atoms with E-state index in [0.717, 1.165) is 6.92 Å². The first-order valence-corrected chi connectivity index (χ1v) is 9.13. The van der Waals surface area contributed by atoms with E-state index in [-0.39, 0.29) is 5.56 Å². The lowest BCUT2D eigenvalue weighted by Gasteiger charge is -2.32. The van der Waals surface area contributed by atoms with Gasteiger partial charge in [-0.2, -0.15) is 5.26 Å². The lowest BCUT2D eigenvalue weighted by Crippen LogP contribution is -2.66. The van der Waals surface area contributed by atoms with Crippen molar-refractivity contribution < 1.29 is 23.6 Å². The molecule has 0 aliphatic carbocycles. The number of benzene rings is 2. The number of nitriles is 1. The van der Waals surface area contributed by atoms with Gasteiger partial charge in [0.05, 0.1) is 11.6 Å². The molecule has 0 saturated heterocycles. The van der Waals surface area contributed by atoms with Crippen molar-refractivity contribution >= 4 is 11.8 Å². The molecule has 2 atom stereocenters. The molecule has 0 radical (unpaired) electrons. The quantitative estimate of drug-likeness (QED) is 0.321. The van der Waals surface area contributed by atoms with Crippen molar-refractivity contribution in [3.05, 3.63) is 70.8 Å². The summed E-state index contributed by atoms with van der Waals surface area (Å²) >= 11 is 0. The van der Waals surface area contributed by atoms with Crippen LogP contribution in [0.1, 0.15) is 34.0 Å². The zero-order chi connectivity index (χ0) is 23.7. The average molecular weight is 436 g/mol. The van der Waals surface area contributed by atoms with Gasteiger partial charge in [-0.1, -0.05) is 11.8 Å². The third-order valence-corrected chi connectivity index (χ3v) is 4.38. The Hall–Kier alpha value is -4.23. The Bertz CT molecular complexity index is 1150. The minimum atomic E-state index is -3.15. The molecular weight excluding hydrogens is 418 g/mol. The van der Waals surface area contributed by atoms with Gasteiger partial charge in [-0.25, -0.2) is 14.3 Å². The highest BCUT2D eigenvalue weighted by molar-refractivity contribution is 5.98. The van der Waals surface area contributed by atoms with Gasteiger partial charge in [0, 0.05) is 16.7 Å². The molecule has 2 amide bonds. The molecule has 0 bridgehead atoms. The number of carbonyl (C=O) groups excluding carboxylic acids is 2. The SMILES string of the molecule is CC(N)(C(F)F)[C@H](NC(=O)c1ccc(C#CC#Cc2ccc(C#N)cc2)cc1)C(=O)NO. The number of nitrogens with two attached hydrogens (primary N) is 1. The Labute approximate surface area is 183 Å². The van der Waals surface area contributed by atoms with E-state index in [9.17, 15) is 18.4 Å². The van der Waals surface area contributed by atoms with E-state index in [2.05, 4.69) is 29.0 Å². The lowest BCUT2D eigenvalue weighted by molar-refractivity contribution is -0.134. The second-order valence-corrected chi connectivity index (χ2v) is 6.82. The number of hydrogen-bond acceptors (Lipinski definition) is 5. The minimum Gasteiger partial charge on any atom is -0.338 e. The highest BCUT2D eigenvalue weighted by Crippen LogP contribution is 2.18. The summed E-state index contributed by atoms with van der Waals surface area (Å²) in [5.41, 5.74) is 6.12. The van der Waals surface area contributed by atoms with Crippen molar-refractivity contribution in [2.75, 3.05) is 0 Å². The van der Waals surface area contributed by atoms with Crippen LogP contribution in [0, 0.1) is 35.0 Å². The molecule has 5 N–H and O–H groups in total. The number of carbonyl (C=O) groups is 2. The third kappa shape index (κ3) is 6.13. The fourth-order valence-corrected chi connectivity index (χ4v) is 2.45. The van der Waals surface area contributed by atoms with Gasteiger partial charge < -0.3 is 11.1 Å². The van der Waals surface area contributed by atoms with Gasteiger partial charge in [-0.05, 0) is 67.3 Å². The summed E-state index contributed by atoms with van der Waals surface area (Å²) in [4.78, 5) is 24.1. The second kappa shape index (κ2) is 10.7. The third-order valence-electron chi connectivity index (χ3n) is 4.38. The zero-order valence-corrected chi connectivity index (χ0v) is 16.8. The van der Waals surface area contributed by atoms with Crippen molar-refractivity contribution in [1.82, 2.24) is 10.8 Å². The van der Waals surface area contributed by atoms with E-state index in [4.69, 9.17) is 16.2 Å². The molecule has 0 aromatic heterocycles. The molecule has 0 fully saturated rings. The molecular formula is C23H18F2N4O3. The number of halogens is 2. The molecule has 32 heavy (non-hydrogen) atoms. The molecule has 0 aliphatic rings. The van der Waals surface area contributed by atoms with Crippen molar-refractivity contribution in [3.8, 4) is 29.8 Å². The predicted molar refractivity (Wildman–Crippen MR) is 111 cm³/mol. The van der Waals surface area contributed by atoms with Crippen LogP contribution in [0.25, 0.3) is 0 Å². The summed E-state index contributed by atoms with van der Waals surface area (Å²) in [5.74, 6) is 8.83. The van der Waals surface area contributed by atoms with E-state index in [1.165, 1.54) is 29.7 Å². The van der Waals surface area contributed by atoms with Gasteiger partial charge >= 0.3 is 0 Å². The van der Waals surface area contributed by atoms with Gasteiger partial charge in [-0.3, -0.25) is 14.8 Å². The largest absolute Gasteiger partial charge is 0.338 e. The summed E-state index contributed by atoms with van der Waals surface area (Å²) < 4.78 is 26.4. The van der Waals surface area contributed by atoms with Gasteiger partial charge in [0.1, 0.15) is 11.6 Å². The summed E-state index contributed by atoms with van der Waals surface area (Å²) in [5, 5.41) is 19.6. The van der Waals surface area contributed by atoms with Crippen LogP contribution in [-0.4, -0.2) is 35.0 Å². The first-order chi connectivity index (χ1) is 15.2. The minimum absolute atomic E-state index is 0.0695. The summed E-state index contributed by atoms with van der Waals surface area (Å²) in [6.07, 6.45) is -3.15. The number of hydroxylamine groups is 1. The first-order valence-electron chi connectivity index (χ1n) is 9.13. The second-order valence-electron chi connectivity index (χ2n) is 6.82. The number of nitrogens with zero attached hydrogens (tertiary/aromatic N) is 1. The molecule has 2 aromatic carbocycles.